The fourth-order valence-corrected chi connectivity index (χ4v) is 5.27. The Morgan fingerprint density at radius 3 is 2.86 bits per heavy atom. The van der Waals surface area contributed by atoms with Crippen molar-refractivity contribution in [2.75, 3.05) is 32.8 Å². The second-order valence-corrected chi connectivity index (χ2v) is 9.14. The normalized spacial score (nSPS) is 31.6. The number of hydrogen-bond acceptors (Lipinski definition) is 4. The van der Waals surface area contributed by atoms with Crippen molar-refractivity contribution in [3.05, 3.63) is 23.8 Å². The molecule has 0 aromatic heterocycles. The average molecular weight is 392 g/mol. The van der Waals surface area contributed by atoms with Crippen molar-refractivity contribution in [2.45, 2.75) is 76.9 Å². The number of nitrogens with zero attached hydrogens (tertiary/aromatic N) is 1. The minimum absolute atomic E-state index is 0.176. The first-order valence-corrected chi connectivity index (χ1v) is 11.7. The first-order chi connectivity index (χ1) is 13.7. The maximum absolute atomic E-state index is 10.5. The number of aliphatic hydroxyl groups is 2. The Bertz CT molecular complexity index is 512. The van der Waals surface area contributed by atoms with Gasteiger partial charge in [-0.25, -0.2) is 0 Å². The minimum Gasteiger partial charge on any atom is -0.392 e. The highest BCUT2D eigenvalue weighted by Crippen LogP contribution is 2.47. The summed E-state index contributed by atoms with van der Waals surface area (Å²) in [6.07, 6.45) is 15.7. The number of ether oxygens (including phenoxy) is 1. The van der Waals surface area contributed by atoms with Gasteiger partial charge >= 0.3 is 0 Å². The van der Waals surface area contributed by atoms with Crippen LogP contribution in [-0.2, 0) is 4.74 Å². The van der Waals surface area contributed by atoms with E-state index in [-0.39, 0.29) is 18.1 Å². The van der Waals surface area contributed by atoms with Crippen molar-refractivity contribution >= 4 is 0 Å². The van der Waals surface area contributed by atoms with Crippen LogP contribution in [0.25, 0.3) is 0 Å². The highest BCUT2D eigenvalue weighted by molar-refractivity contribution is 5.21. The zero-order chi connectivity index (χ0) is 19.8. The van der Waals surface area contributed by atoms with Crippen LogP contribution in [0.2, 0.25) is 0 Å². The molecule has 2 N–H and O–H groups in total. The van der Waals surface area contributed by atoms with Crippen molar-refractivity contribution in [1.29, 1.82) is 0 Å². The summed E-state index contributed by atoms with van der Waals surface area (Å²) in [7, 11) is 0. The summed E-state index contributed by atoms with van der Waals surface area (Å²) < 4.78 is 5.94. The molecular formula is C24H41NO3. The number of allylic oxidation sites excluding steroid dienone is 1. The number of hydrogen-bond donors (Lipinski definition) is 2. The number of unbranched alkanes of at least 4 members (excludes halogenated alkanes) is 2. The van der Waals surface area contributed by atoms with Gasteiger partial charge in [0, 0.05) is 19.1 Å². The van der Waals surface area contributed by atoms with Gasteiger partial charge in [-0.05, 0) is 69.0 Å². The topological polar surface area (TPSA) is 52.9 Å². The highest BCUT2D eigenvalue weighted by atomic mass is 16.5. The van der Waals surface area contributed by atoms with E-state index in [9.17, 15) is 10.2 Å². The molecule has 0 aromatic carbocycles. The summed E-state index contributed by atoms with van der Waals surface area (Å²) in [6, 6.07) is 0. The van der Waals surface area contributed by atoms with E-state index in [1.165, 1.54) is 50.9 Å². The maximum Gasteiger partial charge on any atom is 0.0721 e. The van der Waals surface area contributed by atoms with Crippen LogP contribution in [0.1, 0.15) is 64.7 Å². The molecule has 0 bridgehead atoms. The molecule has 4 heteroatoms. The molecule has 4 nitrogen and oxygen atoms in total. The van der Waals surface area contributed by atoms with Crippen molar-refractivity contribution in [3.63, 3.8) is 0 Å². The molecule has 0 unspecified atom stereocenters. The Labute approximate surface area is 171 Å². The fraction of sp³-hybridized carbons (Fsp3) is 0.833. The van der Waals surface area contributed by atoms with Crippen LogP contribution in [0.3, 0.4) is 0 Å². The summed E-state index contributed by atoms with van der Waals surface area (Å²) >= 11 is 0. The van der Waals surface area contributed by atoms with Gasteiger partial charge in [0.05, 0.1) is 18.8 Å². The molecule has 3 aliphatic rings. The quantitative estimate of drug-likeness (QED) is 0.391. The molecule has 1 heterocycles. The predicted molar refractivity (Wildman–Crippen MR) is 114 cm³/mol. The summed E-state index contributed by atoms with van der Waals surface area (Å²) in [4.78, 5) is 2.54. The lowest BCUT2D eigenvalue weighted by Gasteiger charge is -2.19. The van der Waals surface area contributed by atoms with Gasteiger partial charge in [0.2, 0.25) is 0 Å². The maximum atomic E-state index is 10.5. The molecule has 1 saturated heterocycles. The van der Waals surface area contributed by atoms with Gasteiger partial charge in [0.15, 0.2) is 0 Å². The molecule has 5 atom stereocenters. The Kier molecular flexibility index (Phi) is 9.04. The molecule has 1 saturated carbocycles. The smallest absolute Gasteiger partial charge is 0.0721 e. The van der Waals surface area contributed by atoms with Crippen molar-refractivity contribution in [2.24, 2.45) is 17.8 Å². The van der Waals surface area contributed by atoms with Crippen LogP contribution < -0.4 is 0 Å². The van der Waals surface area contributed by atoms with E-state index in [2.05, 4.69) is 24.0 Å². The van der Waals surface area contributed by atoms with Crippen LogP contribution >= 0.6 is 0 Å². The van der Waals surface area contributed by atoms with Crippen LogP contribution in [0.4, 0.5) is 0 Å². The van der Waals surface area contributed by atoms with E-state index in [0.717, 1.165) is 45.3 Å². The van der Waals surface area contributed by atoms with Gasteiger partial charge in [0.25, 0.3) is 0 Å². The monoisotopic (exact) mass is 391 g/mol. The minimum atomic E-state index is -0.370. The average Bonchev–Trinajstić information content (AvgIpc) is 3.37. The van der Waals surface area contributed by atoms with Crippen LogP contribution in [-0.4, -0.2) is 60.2 Å². The predicted octanol–water partition coefficient (Wildman–Crippen LogP) is 3.93. The highest BCUT2D eigenvalue weighted by Gasteiger charge is 2.43. The third-order valence-corrected chi connectivity index (χ3v) is 6.86. The van der Waals surface area contributed by atoms with E-state index < -0.39 is 0 Å². The molecule has 28 heavy (non-hydrogen) atoms. The molecule has 2 fully saturated rings. The SMILES string of the molecule is CCCCC[C@H](O)C=C[C@@H]1[C@H]2CC(COCCCN3CCCC3)=C[C@H]2C[C@H]1O. The summed E-state index contributed by atoms with van der Waals surface area (Å²) in [6.45, 7) is 7.47. The van der Waals surface area contributed by atoms with Crippen molar-refractivity contribution in [1.82, 2.24) is 4.90 Å². The number of likely N-dealkylation sites (tertiary alicyclic amines) is 1. The van der Waals surface area contributed by atoms with Crippen molar-refractivity contribution in [3.8, 4) is 0 Å². The third kappa shape index (κ3) is 6.41. The van der Waals surface area contributed by atoms with E-state index >= 15 is 0 Å². The summed E-state index contributed by atoms with van der Waals surface area (Å²) in [5.41, 5.74) is 1.41. The van der Waals surface area contributed by atoms with E-state index in [1.54, 1.807) is 0 Å². The molecule has 0 spiro atoms. The second-order valence-electron chi connectivity index (χ2n) is 9.14. The molecule has 2 aliphatic carbocycles. The van der Waals surface area contributed by atoms with Gasteiger partial charge in [-0.1, -0.05) is 44.4 Å². The molecule has 1 aliphatic heterocycles. The zero-order valence-corrected chi connectivity index (χ0v) is 17.8. The van der Waals surface area contributed by atoms with E-state index in [1.807, 2.05) is 6.08 Å². The Hall–Kier alpha value is -0.680. The number of rotatable bonds is 12. The van der Waals surface area contributed by atoms with Gasteiger partial charge in [-0.2, -0.15) is 0 Å². The number of aliphatic hydroxyl groups excluding tert-OH is 2. The fourth-order valence-electron chi connectivity index (χ4n) is 5.27. The molecular weight excluding hydrogens is 350 g/mol. The summed E-state index contributed by atoms with van der Waals surface area (Å²) in [5.74, 6) is 1.14. The van der Waals surface area contributed by atoms with E-state index in [4.69, 9.17) is 4.74 Å². The number of fused-ring (bicyclic) bond motifs is 1. The lowest BCUT2D eigenvalue weighted by Crippen LogP contribution is -2.21. The van der Waals surface area contributed by atoms with Gasteiger partial charge in [-0.3, -0.25) is 0 Å². The van der Waals surface area contributed by atoms with Gasteiger partial charge in [-0.15, -0.1) is 0 Å². The lowest BCUT2D eigenvalue weighted by molar-refractivity contribution is 0.131. The Balaban J connectivity index is 1.36. The molecule has 3 rings (SSSR count). The molecule has 0 radical (unpaired) electrons. The van der Waals surface area contributed by atoms with E-state index in [0.29, 0.717) is 11.8 Å². The van der Waals surface area contributed by atoms with Gasteiger partial charge in [0.1, 0.15) is 0 Å². The second kappa shape index (κ2) is 11.5. The Morgan fingerprint density at radius 1 is 1.25 bits per heavy atom. The molecule has 0 aromatic rings. The van der Waals surface area contributed by atoms with Crippen LogP contribution in [0.5, 0.6) is 0 Å². The third-order valence-electron chi connectivity index (χ3n) is 6.86. The zero-order valence-electron chi connectivity index (χ0n) is 17.8. The molecule has 0 amide bonds. The standard InChI is InChI=1S/C24H41NO3/c1-2-3-4-8-21(26)9-10-22-23-16-19(15-20(23)17-24(22)27)18-28-14-7-13-25-11-5-6-12-25/h9-10,15,20-24,26-27H,2-8,11-14,16-18H2,1H3/t20-,21-,22+,23-,24+/m0/s1. The summed E-state index contributed by atoms with van der Waals surface area (Å²) in [5, 5.41) is 20.6. The van der Waals surface area contributed by atoms with Crippen molar-refractivity contribution < 1.29 is 14.9 Å². The van der Waals surface area contributed by atoms with Crippen LogP contribution in [0, 0.1) is 17.8 Å². The Morgan fingerprint density at radius 2 is 2.07 bits per heavy atom. The van der Waals surface area contributed by atoms with Crippen LogP contribution in [0.15, 0.2) is 23.8 Å². The van der Waals surface area contributed by atoms with Gasteiger partial charge < -0.3 is 19.8 Å². The first kappa shape index (κ1) is 22.0. The lowest BCUT2D eigenvalue weighted by atomic mass is 9.89. The molecule has 160 valence electrons. The first-order valence-electron chi connectivity index (χ1n) is 11.7. The largest absolute Gasteiger partial charge is 0.392 e.